The summed E-state index contributed by atoms with van der Waals surface area (Å²) in [5, 5.41) is 4.69. The number of rotatable bonds is 7. The molecule has 0 saturated carbocycles. The number of alkyl halides is 1. The molecule has 1 aromatic carbocycles. The highest BCUT2D eigenvalue weighted by molar-refractivity contribution is 9.09. The zero-order valence-electron chi connectivity index (χ0n) is 11.5. The molecule has 0 radical (unpaired) electrons. The third kappa shape index (κ3) is 5.53. The molecule has 1 unspecified atom stereocenters. The first-order chi connectivity index (χ1) is 9.08. The van der Waals surface area contributed by atoms with Gasteiger partial charge in [0.15, 0.2) is 0 Å². The van der Waals surface area contributed by atoms with Crippen LogP contribution >= 0.6 is 27.5 Å². The molecule has 106 valence electrons. The van der Waals surface area contributed by atoms with Crippen LogP contribution in [0.4, 0.5) is 0 Å². The second-order valence-corrected chi connectivity index (χ2v) is 6.01. The predicted molar refractivity (Wildman–Crippen MR) is 85.3 cm³/mol. The molecule has 0 spiro atoms. The first-order valence-electron chi connectivity index (χ1n) is 6.68. The van der Waals surface area contributed by atoms with Crippen molar-refractivity contribution in [3.63, 3.8) is 0 Å². The van der Waals surface area contributed by atoms with Crippen LogP contribution in [-0.4, -0.2) is 17.8 Å². The minimum atomic E-state index is -0.0181. The minimum absolute atomic E-state index is 0.0181. The lowest BCUT2D eigenvalue weighted by Crippen LogP contribution is -2.29. The lowest BCUT2D eigenvalue weighted by molar-refractivity contribution is 0.0946. The van der Waals surface area contributed by atoms with Gasteiger partial charge in [0.2, 0.25) is 0 Å². The van der Waals surface area contributed by atoms with Crippen molar-refractivity contribution in [1.29, 1.82) is 0 Å². The summed E-state index contributed by atoms with van der Waals surface area (Å²) < 4.78 is 0. The highest BCUT2D eigenvalue weighted by Crippen LogP contribution is 2.16. The summed E-state index contributed by atoms with van der Waals surface area (Å²) in [5.41, 5.74) is 1.61. The van der Waals surface area contributed by atoms with E-state index >= 15 is 0 Å². The van der Waals surface area contributed by atoms with E-state index in [1.807, 2.05) is 13.0 Å². The Morgan fingerprint density at radius 3 is 2.74 bits per heavy atom. The summed E-state index contributed by atoms with van der Waals surface area (Å²) in [6.07, 6.45) is 3.38. The fourth-order valence-electron chi connectivity index (χ4n) is 2.04. The van der Waals surface area contributed by atoms with Crippen molar-refractivity contribution >= 4 is 33.4 Å². The Morgan fingerprint density at radius 2 is 2.16 bits per heavy atom. The first-order valence-corrected chi connectivity index (χ1v) is 8.18. The summed E-state index contributed by atoms with van der Waals surface area (Å²) in [4.78, 5) is 12.1. The molecule has 0 fully saturated rings. The number of hydrogen-bond acceptors (Lipinski definition) is 1. The van der Waals surface area contributed by atoms with Gasteiger partial charge >= 0.3 is 0 Å². The molecule has 1 rings (SSSR count). The summed E-state index contributed by atoms with van der Waals surface area (Å²) in [6, 6.07) is 5.37. The van der Waals surface area contributed by atoms with Crippen molar-refractivity contribution in [2.45, 2.75) is 33.1 Å². The molecule has 1 atom stereocenters. The predicted octanol–water partition coefficient (Wildman–Crippen LogP) is 4.58. The van der Waals surface area contributed by atoms with Crippen LogP contribution < -0.4 is 5.32 Å². The van der Waals surface area contributed by atoms with Crippen LogP contribution in [0.2, 0.25) is 5.02 Å². The Morgan fingerprint density at radius 1 is 1.42 bits per heavy atom. The van der Waals surface area contributed by atoms with Crippen molar-refractivity contribution in [1.82, 2.24) is 5.32 Å². The normalized spacial score (nSPS) is 12.2. The first kappa shape index (κ1) is 16.5. The molecule has 0 saturated heterocycles. The number of benzene rings is 1. The van der Waals surface area contributed by atoms with E-state index in [0.29, 0.717) is 16.5 Å². The van der Waals surface area contributed by atoms with Crippen molar-refractivity contribution < 1.29 is 4.79 Å². The molecular formula is C15H21BrClNO. The maximum atomic E-state index is 12.1. The Balaban J connectivity index is 2.56. The maximum absolute atomic E-state index is 12.1. The molecule has 1 aromatic rings. The van der Waals surface area contributed by atoms with Gasteiger partial charge in [-0.2, -0.15) is 0 Å². The van der Waals surface area contributed by atoms with E-state index in [2.05, 4.69) is 28.2 Å². The zero-order chi connectivity index (χ0) is 14.3. The number of carbonyl (C=O) groups is 1. The van der Waals surface area contributed by atoms with Gasteiger partial charge in [0.05, 0.1) is 0 Å². The molecule has 1 N–H and O–H groups in total. The summed E-state index contributed by atoms with van der Waals surface area (Å²) in [6.45, 7) is 4.81. The number of carbonyl (C=O) groups excluding carboxylic acids is 1. The molecule has 4 heteroatoms. The van der Waals surface area contributed by atoms with Crippen molar-refractivity contribution in [3.05, 3.63) is 34.3 Å². The van der Waals surface area contributed by atoms with E-state index in [0.717, 1.165) is 36.7 Å². The topological polar surface area (TPSA) is 29.1 Å². The Labute approximate surface area is 129 Å². The van der Waals surface area contributed by atoms with Crippen LogP contribution in [0.25, 0.3) is 0 Å². The fourth-order valence-corrected chi connectivity index (χ4v) is 2.80. The lowest BCUT2D eigenvalue weighted by atomic mass is 10.0. The molecule has 2 nitrogen and oxygen atoms in total. The summed E-state index contributed by atoms with van der Waals surface area (Å²) >= 11 is 9.42. The number of halogens is 2. The van der Waals surface area contributed by atoms with E-state index in [1.165, 1.54) is 0 Å². The lowest BCUT2D eigenvalue weighted by Gasteiger charge is -2.15. The van der Waals surface area contributed by atoms with E-state index in [4.69, 9.17) is 11.6 Å². The average Bonchev–Trinajstić information content (AvgIpc) is 2.39. The van der Waals surface area contributed by atoms with Crippen LogP contribution in [0.3, 0.4) is 0 Å². The molecule has 19 heavy (non-hydrogen) atoms. The summed E-state index contributed by atoms with van der Waals surface area (Å²) in [5.74, 6) is 0.525. The van der Waals surface area contributed by atoms with Gasteiger partial charge in [0.25, 0.3) is 5.91 Å². The van der Waals surface area contributed by atoms with Crippen molar-refractivity contribution in [3.8, 4) is 0 Å². The van der Waals surface area contributed by atoms with Gasteiger partial charge in [-0.25, -0.2) is 0 Å². The van der Waals surface area contributed by atoms with E-state index in [1.54, 1.807) is 12.1 Å². The van der Waals surface area contributed by atoms with Crippen LogP contribution in [-0.2, 0) is 0 Å². The molecule has 1 amide bonds. The SMILES string of the molecule is CCCC(CCBr)CNC(=O)c1ccc(Cl)c(C)c1. The van der Waals surface area contributed by atoms with Gasteiger partial charge in [0, 0.05) is 22.5 Å². The van der Waals surface area contributed by atoms with Crippen molar-refractivity contribution in [2.24, 2.45) is 5.92 Å². The molecule has 0 heterocycles. The van der Waals surface area contributed by atoms with E-state index in [9.17, 15) is 4.79 Å². The van der Waals surface area contributed by atoms with Gasteiger partial charge in [-0.3, -0.25) is 4.79 Å². The number of hydrogen-bond donors (Lipinski definition) is 1. The van der Waals surface area contributed by atoms with E-state index < -0.39 is 0 Å². The number of nitrogens with one attached hydrogen (secondary N) is 1. The monoisotopic (exact) mass is 345 g/mol. The van der Waals surface area contributed by atoms with Crippen LogP contribution in [0, 0.1) is 12.8 Å². The van der Waals surface area contributed by atoms with E-state index in [-0.39, 0.29) is 5.91 Å². The molecule has 0 bridgehead atoms. The molecular weight excluding hydrogens is 326 g/mol. The van der Waals surface area contributed by atoms with Gasteiger partial charge < -0.3 is 5.32 Å². The molecule has 0 aromatic heterocycles. The van der Waals surface area contributed by atoms with Crippen LogP contribution in [0.15, 0.2) is 18.2 Å². The minimum Gasteiger partial charge on any atom is -0.352 e. The third-order valence-electron chi connectivity index (χ3n) is 3.19. The van der Waals surface area contributed by atoms with Gasteiger partial charge in [-0.1, -0.05) is 40.9 Å². The smallest absolute Gasteiger partial charge is 0.251 e. The fraction of sp³-hybridized carbons (Fsp3) is 0.533. The van der Waals surface area contributed by atoms with Gasteiger partial charge in [-0.05, 0) is 49.4 Å². The standard InChI is InChI=1S/C15H21BrClNO/c1-3-4-12(7-8-16)10-18-15(19)13-5-6-14(17)11(2)9-13/h5-6,9,12H,3-4,7-8,10H2,1-2H3,(H,18,19). The van der Waals surface area contributed by atoms with Crippen LogP contribution in [0.1, 0.15) is 42.1 Å². The third-order valence-corrected chi connectivity index (χ3v) is 4.07. The molecule has 0 aliphatic carbocycles. The van der Waals surface area contributed by atoms with Gasteiger partial charge in [-0.15, -0.1) is 0 Å². The highest BCUT2D eigenvalue weighted by Gasteiger charge is 2.11. The largest absolute Gasteiger partial charge is 0.352 e. The Hall–Kier alpha value is -0.540. The van der Waals surface area contributed by atoms with Crippen molar-refractivity contribution in [2.75, 3.05) is 11.9 Å². The maximum Gasteiger partial charge on any atom is 0.251 e. The zero-order valence-corrected chi connectivity index (χ0v) is 13.9. The number of amides is 1. The average molecular weight is 347 g/mol. The Kier molecular flexibility index (Phi) is 7.47. The molecule has 0 aliphatic heterocycles. The Bertz CT molecular complexity index is 417. The second kappa shape index (κ2) is 8.60. The number of aryl methyl sites for hydroxylation is 1. The highest BCUT2D eigenvalue weighted by atomic mass is 79.9. The quantitative estimate of drug-likeness (QED) is 0.719. The van der Waals surface area contributed by atoms with Gasteiger partial charge in [0.1, 0.15) is 0 Å². The van der Waals surface area contributed by atoms with Crippen LogP contribution in [0.5, 0.6) is 0 Å². The molecule has 0 aliphatic rings. The second-order valence-electron chi connectivity index (χ2n) is 4.81. The summed E-state index contributed by atoms with van der Waals surface area (Å²) in [7, 11) is 0.